The standard InChI is InChI=1S/C10H17N5O/c11-10(16)9-1-3-14(4-2-9)5-6-15-8-12-7-13-15/h7-9H,1-6H2,(H2,11,16). The molecule has 1 aromatic rings. The van der Waals surface area contributed by atoms with Gasteiger partial charge in [-0.15, -0.1) is 0 Å². The van der Waals surface area contributed by atoms with Crippen LogP contribution >= 0.6 is 0 Å². The molecule has 1 saturated heterocycles. The van der Waals surface area contributed by atoms with Crippen molar-refractivity contribution < 1.29 is 4.79 Å². The van der Waals surface area contributed by atoms with Crippen LogP contribution in [-0.4, -0.2) is 45.2 Å². The summed E-state index contributed by atoms with van der Waals surface area (Å²) in [6.45, 7) is 3.70. The Kier molecular flexibility index (Phi) is 3.51. The van der Waals surface area contributed by atoms with Crippen LogP contribution in [0.4, 0.5) is 0 Å². The first kappa shape index (κ1) is 11.1. The number of hydrogen-bond acceptors (Lipinski definition) is 4. The lowest BCUT2D eigenvalue weighted by molar-refractivity contribution is -0.123. The maximum atomic E-state index is 11.0. The smallest absolute Gasteiger partial charge is 0.220 e. The summed E-state index contributed by atoms with van der Waals surface area (Å²) in [5, 5.41) is 4.05. The molecule has 1 amide bonds. The molecule has 88 valence electrons. The maximum absolute atomic E-state index is 11.0. The zero-order chi connectivity index (χ0) is 11.4. The third-order valence-electron chi connectivity index (χ3n) is 3.10. The molecule has 16 heavy (non-hydrogen) atoms. The lowest BCUT2D eigenvalue weighted by Gasteiger charge is -2.30. The lowest BCUT2D eigenvalue weighted by Crippen LogP contribution is -2.39. The molecule has 6 nitrogen and oxygen atoms in total. The minimum Gasteiger partial charge on any atom is -0.369 e. The zero-order valence-electron chi connectivity index (χ0n) is 9.25. The van der Waals surface area contributed by atoms with Gasteiger partial charge in [0.05, 0.1) is 6.54 Å². The summed E-state index contributed by atoms with van der Waals surface area (Å²) < 4.78 is 1.82. The number of amides is 1. The van der Waals surface area contributed by atoms with Crippen molar-refractivity contribution in [1.82, 2.24) is 19.7 Å². The summed E-state index contributed by atoms with van der Waals surface area (Å²) >= 11 is 0. The monoisotopic (exact) mass is 223 g/mol. The number of primary amides is 1. The largest absolute Gasteiger partial charge is 0.369 e. The Morgan fingerprint density at radius 1 is 1.38 bits per heavy atom. The first-order valence-electron chi connectivity index (χ1n) is 5.60. The van der Waals surface area contributed by atoms with Crippen molar-refractivity contribution in [3.05, 3.63) is 12.7 Å². The highest BCUT2D eigenvalue weighted by Gasteiger charge is 2.22. The van der Waals surface area contributed by atoms with Crippen LogP contribution in [0.2, 0.25) is 0 Å². The van der Waals surface area contributed by atoms with Crippen LogP contribution in [0.5, 0.6) is 0 Å². The normalized spacial score (nSPS) is 18.8. The summed E-state index contributed by atoms with van der Waals surface area (Å²) in [4.78, 5) is 17.2. The molecule has 2 rings (SSSR count). The van der Waals surface area contributed by atoms with Crippen LogP contribution in [0.3, 0.4) is 0 Å². The molecule has 0 bridgehead atoms. The molecule has 1 fully saturated rings. The number of aromatic nitrogens is 3. The number of hydrogen-bond donors (Lipinski definition) is 1. The van der Waals surface area contributed by atoms with E-state index in [1.54, 1.807) is 12.7 Å². The van der Waals surface area contributed by atoms with E-state index in [0.29, 0.717) is 0 Å². The predicted molar refractivity (Wildman–Crippen MR) is 58.4 cm³/mol. The van der Waals surface area contributed by atoms with E-state index in [9.17, 15) is 4.79 Å². The molecule has 1 aliphatic heterocycles. The summed E-state index contributed by atoms with van der Waals surface area (Å²) in [6, 6.07) is 0. The summed E-state index contributed by atoms with van der Waals surface area (Å²) in [6.07, 6.45) is 5.02. The van der Waals surface area contributed by atoms with Crippen molar-refractivity contribution in [2.24, 2.45) is 11.7 Å². The van der Waals surface area contributed by atoms with E-state index < -0.39 is 0 Å². The minimum absolute atomic E-state index is 0.0719. The van der Waals surface area contributed by atoms with Gasteiger partial charge in [-0.05, 0) is 25.9 Å². The van der Waals surface area contributed by atoms with Crippen LogP contribution in [0.25, 0.3) is 0 Å². The Hall–Kier alpha value is -1.43. The Morgan fingerprint density at radius 3 is 2.69 bits per heavy atom. The second-order valence-electron chi connectivity index (χ2n) is 4.18. The number of piperidine rings is 1. The maximum Gasteiger partial charge on any atom is 0.220 e. The van der Waals surface area contributed by atoms with Gasteiger partial charge in [0.1, 0.15) is 12.7 Å². The van der Waals surface area contributed by atoms with E-state index in [1.807, 2.05) is 4.68 Å². The van der Waals surface area contributed by atoms with Crippen LogP contribution in [0, 0.1) is 5.92 Å². The highest BCUT2D eigenvalue weighted by atomic mass is 16.1. The van der Waals surface area contributed by atoms with Gasteiger partial charge in [0.25, 0.3) is 0 Å². The third kappa shape index (κ3) is 2.79. The van der Waals surface area contributed by atoms with Crippen molar-refractivity contribution in [2.45, 2.75) is 19.4 Å². The van der Waals surface area contributed by atoms with Gasteiger partial charge in [-0.3, -0.25) is 9.48 Å². The third-order valence-corrected chi connectivity index (χ3v) is 3.10. The zero-order valence-corrected chi connectivity index (χ0v) is 9.25. The number of likely N-dealkylation sites (tertiary alicyclic amines) is 1. The van der Waals surface area contributed by atoms with E-state index in [2.05, 4.69) is 15.0 Å². The van der Waals surface area contributed by atoms with E-state index in [4.69, 9.17) is 5.73 Å². The first-order valence-corrected chi connectivity index (χ1v) is 5.60. The Balaban J connectivity index is 1.71. The molecule has 2 N–H and O–H groups in total. The predicted octanol–water partition coefficient (Wildman–Crippen LogP) is -0.525. The highest BCUT2D eigenvalue weighted by Crippen LogP contribution is 2.16. The number of carbonyl (C=O) groups is 1. The Labute approximate surface area is 94.4 Å². The molecule has 0 aliphatic carbocycles. The molecular formula is C10H17N5O. The van der Waals surface area contributed by atoms with Gasteiger partial charge in [-0.25, -0.2) is 4.98 Å². The Bertz CT molecular complexity index is 329. The number of rotatable bonds is 4. The fraction of sp³-hybridized carbons (Fsp3) is 0.700. The van der Waals surface area contributed by atoms with Gasteiger partial charge in [0, 0.05) is 12.5 Å². The van der Waals surface area contributed by atoms with Crippen LogP contribution in [0.15, 0.2) is 12.7 Å². The first-order chi connectivity index (χ1) is 7.75. The number of carbonyl (C=O) groups excluding carboxylic acids is 1. The molecule has 0 atom stereocenters. The van der Waals surface area contributed by atoms with Crippen molar-refractivity contribution in [2.75, 3.05) is 19.6 Å². The lowest BCUT2D eigenvalue weighted by atomic mass is 9.96. The fourth-order valence-corrected chi connectivity index (χ4v) is 2.03. The Morgan fingerprint density at radius 2 is 2.12 bits per heavy atom. The van der Waals surface area contributed by atoms with Crippen molar-refractivity contribution in [3.63, 3.8) is 0 Å². The minimum atomic E-state index is -0.157. The molecule has 6 heteroatoms. The SMILES string of the molecule is NC(=O)C1CCN(CCn2cncn2)CC1. The molecule has 0 spiro atoms. The van der Waals surface area contributed by atoms with E-state index in [0.717, 1.165) is 39.0 Å². The van der Waals surface area contributed by atoms with Crippen LogP contribution in [-0.2, 0) is 11.3 Å². The molecule has 0 saturated carbocycles. The average Bonchev–Trinajstić information content (AvgIpc) is 2.80. The van der Waals surface area contributed by atoms with Gasteiger partial charge in [0.2, 0.25) is 5.91 Å². The summed E-state index contributed by atoms with van der Waals surface area (Å²) in [7, 11) is 0. The second-order valence-corrected chi connectivity index (χ2v) is 4.18. The molecule has 0 radical (unpaired) electrons. The van der Waals surface area contributed by atoms with Gasteiger partial charge in [-0.2, -0.15) is 5.10 Å². The van der Waals surface area contributed by atoms with Crippen molar-refractivity contribution in [3.8, 4) is 0 Å². The number of nitrogens with zero attached hydrogens (tertiary/aromatic N) is 4. The van der Waals surface area contributed by atoms with Crippen molar-refractivity contribution >= 4 is 5.91 Å². The molecular weight excluding hydrogens is 206 g/mol. The van der Waals surface area contributed by atoms with Gasteiger partial charge in [-0.1, -0.05) is 0 Å². The average molecular weight is 223 g/mol. The van der Waals surface area contributed by atoms with Crippen LogP contribution in [0.1, 0.15) is 12.8 Å². The quantitative estimate of drug-likeness (QED) is 0.744. The molecule has 0 unspecified atom stereocenters. The van der Waals surface area contributed by atoms with Crippen molar-refractivity contribution in [1.29, 1.82) is 0 Å². The molecule has 2 heterocycles. The van der Waals surface area contributed by atoms with Crippen LogP contribution < -0.4 is 5.73 Å². The molecule has 1 aliphatic rings. The topological polar surface area (TPSA) is 77.0 Å². The van der Waals surface area contributed by atoms with E-state index >= 15 is 0 Å². The fourth-order valence-electron chi connectivity index (χ4n) is 2.03. The highest BCUT2D eigenvalue weighted by molar-refractivity contribution is 5.76. The van der Waals surface area contributed by atoms with Gasteiger partial charge < -0.3 is 10.6 Å². The summed E-state index contributed by atoms with van der Waals surface area (Å²) in [5.74, 6) is -0.0847. The van der Waals surface area contributed by atoms with E-state index in [-0.39, 0.29) is 11.8 Å². The summed E-state index contributed by atoms with van der Waals surface area (Å²) in [5.41, 5.74) is 5.28. The number of nitrogens with two attached hydrogens (primary N) is 1. The van der Waals surface area contributed by atoms with Gasteiger partial charge >= 0.3 is 0 Å². The molecule has 1 aromatic heterocycles. The van der Waals surface area contributed by atoms with E-state index in [1.165, 1.54) is 0 Å². The van der Waals surface area contributed by atoms with Gasteiger partial charge in [0.15, 0.2) is 0 Å². The second kappa shape index (κ2) is 5.07. The molecule has 0 aromatic carbocycles.